The van der Waals surface area contributed by atoms with Crippen LogP contribution in [-0.2, 0) is 37.5 Å². The van der Waals surface area contributed by atoms with Gasteiger partial charge in [-0.25, -0.2) is 4.57 Å². The van der Waals surface area contributed by atoms with Crippen molar-refractivity contribution in [3.8, 4) is 0 Å². The van der Waals surface area contributed by atoms with Gasteiger partial charge in [0.05, 0.1) is 6.61 Å². The van der Waals surface area contributed by atoms with Crippen molar-refractivity contribution in [2.45, 2.75) is 191 Å². The first kappa shape index (κ1) is 60.5. The van der Waals surface area contributed by atoms with Crippen LogP contribution in [0.15, 0.2) is 97.2 Å². The molecule has 0 spiro atoms. The van der Waals surface area contributed by atoms with Crippen LogP contribution in [-0.4, -0.2) is 104 Å². The SMILES string of the molecule is CCCCC/C=C\C/C=C\C/C=C\C=C\C(=O)CCCC(=O)O[C@H](COC(=O)CCCCC/C=C\C/C=C\C/C=C\C/C=C\CCCCC)COP(=O)(O)OC1[C@H](O)[C@H](O)C(O)[C@H](O)[C@H]1O. The number of carbonyl (C=O) groups excluding carboxylic acids is 3. The number of hydrogen-bond acceptors (Lipinski definition) is 13. The summed E-state index contributed by atoms with van der Waals surface area (Å²) in [5, 5.41) is 50.2. The minimum Gasteiger partial charge on any atom is -0.462 e. The molecule has 0 saturated heterocycles. The van der Waals surface area contributed by atoms with Crippen LogP contribution in [0.4, 0.5) is 0 Å². The summed E-state index contributed by atoms with van der Waals surface area (Å²) in [5.41, 5.74) is 0. The van der Waals surface area contributed by atoms with Gasteiger partial charge in [0, 0.05) is 19.3 Å². The Hall–Kier alpha value is -3.56. The number of carbonyl (C=O) groups is 3. The molecule has 0 bridgehead atoms. The third-order valence-corrected chi connectivity index (χ3v) is 11.4. The lowest BCUT2D eigenvalue weighted by Gasteiger charge is -2.41. The van der Waals surface area contributed by atoms with E-state index >= 15 is 0 Å². The van der Waals surface area contributed by atoms with Crippen molar-refractivity contribution in [3.05, 3.63) is 97.2 Å². The first-order valence-electron chi connectivity index (χ1n) is 24.0. The van der Waals surface area contributed by atoms with Gasteiger partial charge in [-0.2, -0.15) is 0 Å². The standard InChI is InChI=1S/C51H81O14P/c1-3-5-7-9-11-13-15-17-18-19-20-21-22-24-26-28-30-32-34-38-44(53)62-40-43(41-63-66(60,61)65-51-49(58)47(56)46(55)48(57)50(51)59)64-45(54)39-35-37-42(52)36-33-31-29-27-25-23-16-14-12-10-8-6-4-2/h11-14,17-18,20-21,23-26,29,31,33,36,43,46-51,55-59H,3-10,15-16,19,22,27-28,30,32,34-35,37-41H2,1-2H3,(H,60,61)/b13-11-,14-12-,18-17-,21-20-,25-23-,26-24-,31-29-,36-33+/t43-,46?,47-,48+,49-,50-,51?/m1/s1. The van der Waals surface area contributed by atoms with E-state index in [2.05, 4.69) is 80.7 Å². The third kappa shape index (κ3) is 31.4. The van der Waals surface area contributed by atoms with Gasteiger partial charge in [-0.3, -0.25) is 23.4 Å². The van der Waals surface area contributed by atoms with Crippen LogP contribution in [0.5, 0.6) is 0 Å². The van der Waals surface area contributed by atoms with Crippen LogP contribution >= 0.6 is 7.82 Å². The molecule has 0 amide bonds. The summed E-state index contributed by atoms with van der Waals surface area (Å²) in [4.78, 5) is 48.1. The molecule has 0 heterocycles. The highest BCUT2D eigenvalue weighted by Crippen LogP contribution is 2.47. The highest BCUT2D eigenvalue weighted by atomic mass is 31.2. The first-order chi connectivity index (χ1) is 31.8. The molecule has 0 aromatic rings. The van der Waals surface area contributed by atoms with Gasteiger partial charge in [0.2, 0.25) is 0 Å². The van der Waals surface area contributed by atoms with E-state index in [1.54, 1.807) is 12.2 Å². The number of ether oxygens (including phenoxy) is 2. The van der Waals surface area contributed by atoms with Gasteiger partial charge in [-0.05, 0) is 89.5 Å². The molecule has 1 fully saturated rings. The molecule has 14 nitrogen and oxygen atoms in total. The van der Waals surface area contributed by atoms with Crippen molar-refractivity contribution in [1.29, 1.82) is 0 Å². The van der Waals surface area contributed by atoms with Gasteiger partial charge in [0.15, 0.2) is 11.9 Å². The van der Waals surface area contributed by atoms with Crippen molar-refractivity contribution >= 4 is 25.5 Å². The van der Waals surface area contributed by atoms with Gasteiger partial charge in [-0.15, -0.1) is 0 Å². The second-order valence-corrected chi connectivity index (χ2v) is 17.7. The molecule has 1 aliphatic carbocycles. The number of unbranched alkanes of at least 4 members (excludes halogenated alkanes) is 9. The van der Waals surface area contributed by atoms with Crippen molar-refractivity contribution < 1.29 is 67.9 Å². The van der Waals surface area contributed by atoms with Gasteiger partial charge in [0.25, 0.3) is 0 Å². The fourth-order valence-electron chi connectivity index (χ4n) is 6.46. The number of phosphoric acid groups is 1. The lowest BCUT2D eigenvalue weighted by molar-refractivity contribution is -0.220. The van der Waals surface area contributed by atoms with Crippen molar-refractivity contribution in [2.75, 3.05) is 13.2 Å². The Labute approximate surface area is 394 Å². The van der Waals surface area contributed by atoms with Crippen LogP contribution in [0.1, 0.15) is 149 Å². The Bertz CT molecular complexity index is 1580. The maximum atomic E-state index is 12.8. The predicted molar refractivity (Wildman–Crippen MR) is 258 cm³/mol. The second-order valence-electron chi connectivity index (χ2n) is 16.3. The summed E-state index contributed by atoms with van der Waals surface area (Å²) in [6, 6.07) is 0. The summed E-state index contributed by atoms with van der Waals surface area (Å²) in [7, 11) is -5.20. The maximum absolute atomic E-state index is 12.8. The summed E-state index contributed by atoms with van der Waals surface area (Å²) in [6.45, 7) is 3.00. The number of ketones is 1. The highest BCUT2D eigenvalue weighted by molar-refractivity contribution is 7.47. The van der Waals surface area contributed by atoms with Gasteiger partial charge in [-0.1, -0.05) is 137 Å². The molecule has 15 heteroatoms. The van der Waals surface area contributed by atoms with Crippen LogP contribution < -0.4 is 0 Å². The number of rotatable bonds is 38. The number of aliphatic hydroxyl groups excluding tert-OH is 5. The van der Waals surface area contributed by atoms with Crippen molar-refractivity contribution in [2.24, 2.45) is 0 Å². The van der Waals surface area contributed by atoms with E-state index < -0.39 is 75.7 Å². The number of allylic oxidation sites excluding steroid dienone is 16. The second kappa shape index (κ2) is 39.4. The number of hydrogen-bond donors (Lipinski definition) is 6. The molecular weight excluding hydrogens is 868 g/mol. The van der Waals surface area contributed by atoms with E-state index in [9.17, 15) is 49.4 Å². The molecule has 1 saturated carbocycles. The zero-order valence-electron chi connectivity index (χ0n) is 39.4. The van der Waals surface area contributed by atoms with Crippen molar-refractivity contribution in [3.63, 3.8) is 0 Å². The van der Waals surface area contributed by atoms with Crippen LogP contribution in [0, 0.1) is 0 Å². The monoisotopic (exact) mass is 949 g/mol. The Morgan fingerprint density at radius 2 is 0.970 bits per heavy atom. The normalized spacial score (nSPS) is 22.1. The summed E-state index contributed by atoms with van der Waals surface area (Å²) in [5.74, 6) is -1.61. The fraction of sp³-hybridized carbons (Fsp3) is 0.627. The molecule has 8 atom stereocenters. The number of phosphoric ester groups is 1. The Morgan fingerprint density at radius 3 is 1.48 bits per heavy atom. The van der Waals surface area contributed by atoms with Gasteiger partial charge in [0.1, 0.15) is 43.2 Å². The highest BCUT2D eigenvalue weighted by Gasteiger charge is 2.51. The summed E-state index contributed by atoms with van der Waals surface area (Å²) >= 11 is 0. The van der Waals surface area contributed by atoms with E-state index in [-0.39, 0.29) is 31.5 Å². The minimum absolute atomic E-state index is 0.0423. The van der Waals surface area contributed by atoms with Crippen LogP contribution in [0.25, 0.3) is 0 Å². The molecule has 1 aliphatic rings. The largest absolute Gasteiger partial charge is 0.472 e. The average molecular weight is 949 g/mol. The van der Waals surface area contributed by atoms with Crippen molar-refractivity contribution in [1.82, 2.24) is 0 Å². The Morgan fingerprint density at radius 1 is 0.515 bits per heavy atom. The molecule has 0 aromatic carbocycles. The molecule has 0 radical (unpaired) electrons. The fourth-order valence-corrected chi connectivity index (χ4v) is 7.43. The number of aliphatic hydroxyl groups is 5. The minimum atomic E-state index is -5.20. The topological polar surface area (TPSA) is 227 Å². The summed E-state index contributed by atoms with van der Waals surface area (Å²) in [6.07, 6.45) is 35.9. The molecular formula is C51H81O14P. The molecule has 0 aromatic heterocycles. The molecule has 374 valence electrons. The lowest BCUT2D eigenvalue weighted by Crippen LogP contribution is -2.64. The number of esters is 2. The quantitative estimate of drug-likeness (QED) is 0.00848. The van der Waals surface area contributed by atoms with Gasteiger partial charge >= 0.3 is 19.8 Å². The molecule has 1 rings (SSSR count). The predicted octanol–water partition coefficient (Wildman–Crippen LogP) is 9.01. The molecule has 6 N–H and O–H groups in total. The molecule has 0 aliphatic heterocycles. The van der Waals surface area contributed by atoms with E-state index in [0.717, 1.165) is 64.2 Å². The molecule has 3 unspecified atom stereocenters. The van der Waals surface area contributed by atoms with E-state index in [1.807, 2.05) is 12.2 Å². The molecule has 66 heavy (non-hydrogen) atoms. The summed E-state index contributed by atoms with van der Waals surface area (Å²) < 4.78 is 33.3. The van der Waals surface area contributed by atoms with Crippen LogP contribution in [0.2, 0.25) is 0 Å². The first-order valence-corrected chi connectivity index (χ1v) is 25.5. The van der Waals surface area contributed by atoms with E-state index in [4.69, 9.17) is 18.5 Å². The van der Waals surface area contributed by atoms with Crippen LogP contribution in [0.3, 0.4) is 0 Å². The maximum Gasteiger partial charge on any atom is 0.472 e. The average Bonchev–Trinajstić information content (AvgIpc) is 3.29. The Balaban J connectivity index is 2.57. The Kier molecular flexibility index (Phi) is 36.1. The van der Waals surface area contributed by atoms with E-state index in [1.165, 1.54) is 44.6 Å². The zero-order chi connectivity index (χ0) is 48.7. The zero-order valence-corrected chi connectivity index (χ0v) is 40.3. The third-order valence-electron chi connectivity index (χ3n) is 10.4. The van der Waals surface area contributed by atoms with Gasteiger partial charge < -0.3 is 39.9 Å². The van der Waals surface area contributed by atoms with E-state index in [0.29, 0.717) is 6.42 Å². The smallest absolute Gasteiger partial charge is 0.462 e. The lowest BCUT2D eigenvalue weighted by atomic mass is 9.85.